The molecule has 0 fully saturated rings. The van der Waals surface area contributed by atoms with Gasteiger partial charge in [0, 0.05) is 18.8 Å². The summed E-state index contributed by atoms with van der Waals surface area (Å²) in [4.78, 5) is 38.8. The standard InChI is InChI=1S/C22H23N3O3/c1-13-5-7-15(8-6-13)12-23-20(26)21(27)24-17-10-16-4-3-9-25-19(16)18(11-17)14(2)22(25)28/h5-8,10-11,14H,3-4,9,12H2,1-2H3,(H,23,26)(H,24,27)/t14-/m0/s1. The number of benzene rings is 2. The van der Waals surface area contributed by atoms with Crippen molar-refractivity contribution in [1.82, 2.24) is 5.32 Å². The van der Waals surface area contributed by atoms with E-state index in [-0.39, 0.29) is 11.8 Å². The highest BCUT2D eigenvalue weighted by Crippen LogP contribution is 2.44. The maximum Gasteiger partial charge on any atom is 0.313 e. The fourth-order valence-corrected chi connectivity index (χ4v) is 3.92. The van der Waals surface area contributed by atoms with Crippen LogP contribution in [-0.2, 0) is 27.3 Å². The fourth-order valence-electron chi connectivity index (χ4n) is 3.92. The van der Waals surface area contributed by atoms with E-state index in [1.165, 1.54) is 0 Å². The Balaban J connectivity index is 1.46. The maximum atomic E-state index is 12.4. The van der Waals surface area contributed by atoms with Crippen LogP contribution < -0.4 is 15.5 Å². The van der Waals surface area contributed by atoms with Gasteiger partial charge in [-0.3, -0.25) is 14.4 Å². The Morgan fingerprint density at radius 1 is 1.14 bits per heavy atom. The number of hydrogen-bond donors (Lipinski definition) is 2. The highest BCUT2D eigenvalue weighted by Gasteiger charge is 2.38. The third-order valence-electron chi connectivity index (χ3n) is 5.46. The molecule has 2 aromatic rings. The SMILES string of the molecule is Cc1ccc(CNC(=O)C(=O)Nc2cc3c4c(c2)[C@H](C)C(=O)N4CCC3)cc1. The van der Waals surface area contributed by atoms with Crippen LogP contribution in [0.3, 0.4) is 0 Å². The molecule has 0 bridgehead atoms. The van der Waals surface area contributed by atoms with Gasteiger partial charge in [-0.1, -0.05) is 29.8 Å². The zero-order valence-electron chi connectivity index (χ0n) is 16.0. The highest BCUT2D eigenvalue weighted by molar-refractivity contribution is 6.39. The molecule has 2 aliphatic heterocycles. The van der Waals surface area contributed by atoms with E-state index in [9.17, 15) is 14.4 Å². The summed E-state index contributed by atoms with van der Waals surface area (Å²) in [6.07, 6.45) is 1.77. The van der Waals surface area contributed by atoms with E-state index in [0.717, 1.165) is 47.3 Å². The lowest BCUT2D eigenvalue weighted by molar-refractivity contribution is -0.136. The van der Waals surface area contributed by atoms with Gasteiger partial charge in [-0.2, -0.15) is 0 Å². The molecule has 0 saturated heterocycles. The van der Waals surface area contributed by atoms with Gasteiger partial charge < -0.3 is 15.5 Å². The van der Waals surface area contributed by atoms with Gasteiger partial charge in [-0.05, 0) is 55.5 Å². The molecule has 6 nitrogen and oxygen atoms in total. The molecule has 2 heterocycles. The first-order chi connectivity index (χ1) is 13.4. The van der Waals surface area contributed by atoms with Crippen molar-refractivity contribution in [3.05, 3.63) is 58.7 Å². The van der Waals surface area contributed by atoms with Crippen LogP contribution in [0.25, 0.3) is 0 Å². The number of hydrogen-bond acceptors (Lipinski definition) is 3. The van der Waals surface area contributed by atoms with Gasteiger partial charge in [0.25, 0.3) is 0 Å². The van der Waals surface area contributed by atoms with Crippen LogP contribution in [0.15, 0.2) is 36.4 Å². The van der Waals surface area contributed by atoms with Crippen molar-refractivity contribution in [1.29, 1.82) is 0 Å². The number of anilines is 2. The second-order valence-corrected chi connectivity index (χ2v) is 7.51. The van der Waals surface area contributed by atoms with E-state index < -0.39 is 11.8 Å². The lowest BCUT2D eigenvalue weighted by Gasteiger charge is -2.26. The van der Waals surface area contributed by atoms with Crippen molar-refractivity contribution in [3.8, 4) is 0 Å². The summed E-state index contributed by atoms with van der Waals surface area (Å²) in [6, 6.07) is 11.5. The Bertz CT molecular complexity index is 966. The van der Waals surface area contributed by atoms with Gasteiger partial charge in [0.2, 0.25) is 5.91 Å². The second-order valence-electron chi connectivity index (χ2n) is 7.51. The Morgan fingerprint density at radius 3 is 2.64 bits per heavy atom. The van der Waals surface area contributed by atoms with Crippen molar-refractivity contribution < 1.29 is 14.4 Å². The summed E-state index contributed by atoms with van der Waals surface area (Å²) in [5.41, 5.74) is 5.60. The quantitative estimate of drug-likeness (QED) is 0.807. The molecule has 0 aliphatic carbocycles. The van der Waals surface area contributed by atoms with E-state index in [1.54, 1.807) is 0 Å². The Kier molecular flexibility index (Phi) is 4.63. The number of nitrogens with one attached hydrogen (secondary N) is 2. The van der Waals surface area contributed by atoms with Crippen LogP contribution in [0.2, 0.25) is 0 Å². The molecule has 2 aromatic carbocycles. The van der Waals surface area contributed by atoms with Crippen LogP contribution in [-0.4, -0.2) is 24.3 Å². The zero-order chi connectivity index (χ0) is 19.8. The number of carbonyl (C=O) groups is 3. The maximum absolute atomic E-state index is 12.4. The van der Waals surface area contributed by atoms with Crippen LogP contribution in [0, 0.1) is 6.92 Å². The minimum atomic E-state index is -0.705. The van der Waals surface area contributed by atoms with Crippen molar-refractivity contribution in [2.24, 2.45) is 0 Å². The number of rotatable bonds is 3. The molecule has 0 saturated carbocycles. The van der Waals surface area contributed by atoms with Crippen molar-refractivity contribution in [2.45, 2.75) is 39.2 Å². The first kappa shape index (κ1) is 18.2. The average molecular weight is 377 g/mol. The zero-order valence-corrected chi connectivity index (χ0v) is 16.0. The largest absolute Gasteiger partial charge is 0.344 e. The molecule has 1 atom stereocenters. The van der Waals surface area contributed by atoms with E-state index in [0.29, 0.717) is 12.2 Å². The monoisotopic (exact) mass is 377 g/mol. The summed E-state index contributed by atoms with van der Waals surface area (Å²) < 4.78 is 0. The molecule has 144 valence electrons. The number of nitrogens with zero attached hydrogens (tertiary/aromatic N) is 1. The molecule has 0 spiro atoms. The molecule has 0 unspecified atom stereocenters. The van der Waals surface area contributed by atoms with Gasteiger partial charge >= 0.3 is 11.8 Å². The third kappa shape index (κ3) is 3.26. The fraction of sp³-hybridized carbons (Fsp3) is 0.318. The lowest BCUT2D eigenvalue weighted by Crippen LogP contribution is -2.35. The summed E-state index contributed by atoms with van der Waals surface area (Å²) >= 11 is 0. The van der Waals surface area contributed by atoms with E-state index >= 15 is 0 Å². The molecule has 2 N–H and O–H groups in total. The van der Waals surface area contributed by atoms with Crippen LogP contribution in [0.1, 0.15) is 41.5 Å². The summed E-state index contributed by atoms with van der Waals surface area (Å²) in [6.45, 7) is 4.92. The Morgan fingerprint density at radius 2 is 1.89 bits per heavy atom. The lowest BCUT2D eigenvalue weighted by atomic mass is 9.96. The van der Waals surface area contributed by atoms with Gasteiger partial charge in [0.1, 0.15) is 0 Å². The number of carbonyl (C=O) groups excluding carboxylic acids is 3. The number of aryl methyl sites for hydroxylation is 2. The molecule has 6 heteroatoms. The second kappa shape index (κ2) is 7.11. The molecule has 0 radical (unpaired) electrons. The molecular formula is C22H23N3O3. The Hall–Kier alpha value is -3.15. The first-order valence-electron chi connectivity index (χ1n) is 9.57. The minimum Gasteiger partial charge on any atom is -0.344 e. The highest BCUT2D eigenvalue weighted by atomic mass is 16.2. The molecule has 28 heavy (non-hydrogen) atoms. The average Bonchev–Trinajstić information content (AvgIpc) is 2.94. The predicted octanol–water partition coefficient (Wildman–Crippen LogP) is 2.65. The van der Waals surface area contributed by atoms with Crippen molar-refractivity contribution in [2.75, 3.05) is 16.8 Å². The minimum absolute atomic E-state index is 0.107. The summed E-state index contributed by atoms with van der Waals surface area (Å²) in [5, 5.41) is 5.33. The van der Waals surface area contributed by atoms with Crippen LogP contribution in [0.4, 0.5) is 11.4 Å². The number of amides is 3. The topological polar surface area (TPSA) is 78.5 Å². The molecule has 3 amide bonds. The molecule has 4 rings (SSSR count). The van der Waals surface area contributed by atoms with Gasteiger partial charge in [0.05, 0.1) is 11.6 Å². The summed E-state index contributed by atoms with van der Waals surface area (Å²) in [5.74, 6) is -1.50. The third-order valence-corrected chi connectivity index (χ3v) is 5.46. The first-order valence-corrected chi connectivity index (χ1v) is 9.57. The van der Waals surface area contributed by atoms with Crippen molar-refractivity contribution in [3.63, 3.8) is 0 Å². The molecule has 0 aromatic heterocycles. The normalized spacial score (nSPS) is 17.3. The van der Waals surface area contributed by atoms with Gasteiger partial charge in [0.15, 0.2) is 0 Å². The van der Waals surface area contributed by atoms with Gasteiger partial charge in [-0.25, -0.2) is 0 Å². The summed E-state index contributed by atoms with van der Waals surface area (Å²) in [7, 11) is 0. The molecular weight excluding hydrogens is 354 g/mol. The van der Waals surface area contributed by atoms with E-state index in [4.69, 9.17) is 0 Å². The smallest absolute Gasteiger partial charge is 0.313 e. The van der Waals surface area contributed by atoms with E-state index in [2.05, 4.69) is 10.6 Å². The predicted molar refractivity (Wildman–Crippen MR) is 107 cm³/mol. The van der Waals surface area contributed by atoms with E-state index in [1.807, 2.05) is 55.1 Å². The molecule has 2 aliphatic rings. The van der Waals surface area contributed by atoms with Crippen LogP contribution in [0.5, 0.6) is 0 Å². The van der Waals surface area contributed by atoms with Gasteiger partial charge in [-0.15, -0.1) is 0 Å². The van der Waals surface area contributed by atoms with Crippen molar-refractivity contribution >= 4 is 29.1 Å². The Labute approximate surface area is 163 Å². The van der Waals surface area contributed by atoms with Crippen LogP contribution >= 0.6 is 0 Å².